The number of amides is 1. The second-order valence-electron chi connectivity index (χ2n) is 5.42. The van der Waals surface area contributed by atoms with Crippen LogP contribution in [0.15, 0.2) is 47.6 Å². The van der Waals surface area contributed by atoms with E-state index in [1.807, 2.05) is 50.2 Å². The summed E-state index contributed by atoms with van der Waals surface area (Å²) in [6.45, 7) is 6.78. The Kier molecular flexibility index (Phi) is 5.92. The molecule has 0 aliphatic rings. The highest BCUT2D eigenvalue weighted by Crippen LogP contribution is 2.11. The van der Waals surface area contributed by atoms with E-state index in [9.17, 15) is 4.79 Å². The molecule has 2 rings (SSSR count). The van der Waals surface area contributed by atoms with Crippen LogP contribution < -0.4 is 10.2 Å². The molecule has 0 heterocycles. The maximum atomic E-state index is 12.0. The molecule has 1 amide bonds. The number of hydrazone groups is 1. The average Bonchev–Trinajstić information content (AvgIpc) is 2.56. The van der Waals surface area contributed by atoms with Crippen LogP contribution in [0.25, 0.3) is 0 Å². The van der Waals surface area contributed by atoms with Crippen molar-refractivity contribution in [3.05, 3.63) is 64.7 Å². The zero-order valence-corrected chi connectivity index (χ0v) is 13.8. The molecular formula is C19H22N2O2. The van der Waals surface area contributed by atoms with Gasteiger partial charge in [0.15, 0.2) is 0 Å². The third kappa shape index (κ3) is 4.95. The average molecular weight is 310 g/mol. The van der Waals surface area contributed by atoms with Crippen LogP contribution >= 0.6 is 0 Å². The lowest BCUT2D eigenvalue weighted by molar-refractivity contribution is 0.0955. The quantitative estimate of drug-likeness (QED) is 0.650. The molecule has 0 fully saturated rings. The molecule has 0 saturated heterocycles. The molecule has 2 aromatic rings. The van der Waals surface area contributed by atoms with Gasteiger partial charge in [-0.1, -0.05) is 13.0 Å². The number of benzene rings is 2. The summed E-state index contributed by atoms with van der Waals surface area (Å²) >= 11 is 0. The minimum atomic E-state index is -0.216. The van der Waals surface area contributed by atoms with Gasteiger partial charge in [-0.3, -0.25) is 4.79 Å². The Labute approximate surface area is 137 Å². The van der Waals surface area contributed by atoms with E-state index >= 15 is 0 Å². The summed E-state index contributed by atoms with van der Waals surface area (Å²) in [6.07, 6.45) is 2.59. The topological polar surface area (TPSA) is 50.7 Å². The predicted octanol–water partition coefficient (Wildman–Crippen LogP) is 3.86. The van der Waals surface area contributed by atoms with Gasteiger partial charge < -0.3 is 4.74 Å². The van der Waals surface area contributed by atoms with E-state index in [-0.39, 0.29) is 5.91 Å². The van der Waals surface area contributed by atoms with Crippen molar-refractivity contribution in [2.24, 2.45) is 5.10 Å². The number of ether oxygens (including phenoxy) is 1. The van der Waals surface area contributed by atoms with Crippen molar-refractivity contribution in [1.29, 1.82) is 0 Å². The van der Waals surface area contributed by atoms with Gasteiger partial charge in [0.05, 0.1) is 12.8 Å². The molecule has 0 radical (unpaired) electrons. The summed E-state index contributed by atoms with van der Waals surface area (Å²) in [5.74, 6) is 0.621. The van der Waals surface area contributed by atoms with Crippen LogP contribution in [0.4, 0.5) is 0 Å². The van der Waals surface area contributed by atoms with Gasteiger partial charge in [0.25, 0.3) is 5.91 Å². The highest BCUT2D eigenvalue weighted by atomic mass is 16.5. The van der Waals surface area contributed by atoms with E-state index in [1.54, 1.807) is 12.3 Å². The first kappa shape index (κ1) is 16.7. The SMILES string of the molecule is CCCOc1ccc(/C=N\NC(=O)c2ccc(C)c(C)c2)cc1. The third-order valence-corrected chi connectivity index (χ3v) is 3.50. The minimum absolute atomic E-state index is 0.216. The number of carbonyl (C=O) groups excluding carboxylic acids is 1. The Hall–Kier alpha value is -2.62. The van der Waals surface area contributed by atoms with Gasteiger partial charge in [0.2, 0.25) is 0 Å². The second kappa shape index (κ2) is 8.13. The first-order valence-electron chi connectivity index (χ1n) is 7.73. The molecule has 0 unspecified atom stereocenters. The number of hydrogen-bond donors (Lipinski definition) is 1. The predicted molar refractivity (Wildman–Crippen MR) is 93.2 cm³/mol. The van der Waals surface area contributed by atoms with Gasteiger partial charge in [-0.05, 0) is 73.4 Å². The lowest BCUT2D eigenvalue weighted by atomic mass is 10.1. The van der Waals surface area contributed by atoms with Crippen molar-refractivity contribution >= 4 is 12.1 Å². The van der Waals surface area contributed by atoms with Crippen LogP contribution in [0, 0.1) is 13.8 Å². The van der Waals surface area contributed by atoms with Crippen molar-refractivity contribution in [3.63, 3.8) is 0 Å². The van der Waals surface area contributed by atoms with Crippen molar-refractivity contribution < 1.29 is 9.53 Å². The van der Waals surface area contributed by atoms with Crippen molar-refractivity contribution in [3.8, 4) is 5.75 Å². The fraction of sp³-hybridized carbons (Fsp3) is 0.263. The van der Waals surface area contributed by atoms with Gasteiger partial charge in [0.1, 0.15) is 5.75 Å². The Morgan fingerprint density at radius 1 is 1.13 bits per heavy atom. The van der Waals surface area contributed by atoms with E-state index in [2.05, 4.69) is 17.5 Å². The van der Waals surface area contributed by atoms with Crippen molar-refractivity contribution in [2.45, 2.75) is 27.2 Å². The molecule has 0 atom stereocenters. The number of carbonyl (C=O) groups is 1. The number of rotatable bonds is 6. The van der Waals surface area contributed by atoms with Crippen molar-refractivity contribution in [1.82, 2.24) is 5.43 Å². The van der Waals surface area contributed by atoms with Crippen LogP contribution in [0.2, 0.25) is 0 Å². The molecule has 0 aliphatic carbocycles. The summed E-state index contributed by atoms with van der Waals surface area (Å²) in [6, 6.07) is 13.2. The Morgan fingerprint density at radius 3 is 2.52 bits per heavy atom. The van der Waals surface area contributed by atoms with Crippen molar-refractivity contribution in [2.75, 3.05) is 6.61 Å². The summed E-state index contributed by atoms with van der Waals surface area (Å²) < 4.78 is 5.52. The Bertz CT molecular complexity index is 691. The number of nitrogens with one attached hydrogen (secondary N) is 1. The largest absolute Gasteiger partial charge is 0.494 e. The summed E-state index contributed by atoms with van der Waals surface area (Å²) in [5, 5.41) is 4.00. The smallest absolute Gasteiger partial charge is 0.271 e. The second-order valence-corrected chi connectivity index (χ2v) is 5.42. The number of hydrogen-bond acceptors (Lipinski definition) is 3. The molecule has 4 heteroatoms. The van der Waals surface area contributed by atoms with Crippen LogP contribution in [0.3, 0.4) is 0 Å². The van der Waals surface area contributed by atoms with E-state index in [1.165, 1.54) is 0 Å². The number of aryl methyl sites for hydroxylation is 2. The molecule has 1 N–H and O–H groups in total. The highest BCUT2D eigenvalue weighted by Gasteiger charge is 2.05. The normalized spacial score (nSPS) is 10.7. The Morgan fingerprint density at radius 2 is 1.87 bits per heavy atom. The molecule has 120 valence electrons. The van der Waals surface area contributed by atoms with E-state index < -0.39 is 0 Å². The fourth-order valence-corrected chi connectivity index (χ4v) is 1.98. The lowest BCUT2D eigenvalue weighted by Gasteiger charge is -2.04. The third-order valence-electron chi connectivity index (χ3n) is 3.50. The zero-order chi connectivity index (χ0) is 16.7. The standard InChI is InChI=1S/C19H22N2O2/c1-4-11-23-18-9-6-16(7-10-18)13-20-21-19(22)17-8-5-14(2)15(3)12-17/h5-10,12-13H,4,11H2,1-3H3,(H,21,22)/b20-13-. The maximum absolute atomic E-state index is 12.0. The van der Waals surface area contributed by atoms with Gasteiger partial charge >= 0.3 is 0 Å². The molecule has 0 aromatic heterocycles. The van der Waals surface area contributed by atoms with Crippen LogP contribution in [-0.2, 0) is 0 Å². The fourth-order valence-electron chi connectivity index (χ4n) is 1.98. The van der Waals surface area contributed by atoms with Crippen LogP contribution in [-0.4, -0.2) is 18.7 Å². The van der Waals surface area contributed by atoms with E-state index in [0.717, 1.165) is 28.9 Å². The molecule has 4 nitrogen and oxygen atoms in total. The van der Waals surface area contributed by atoms with E-state index in [0.29, 0.717) is 12.2 Å². The summed E-state index contributed by atoms with van der Waals surface area (Å²) in [4.78, 5) is 12.0. The van der Waals surface area contributed by atoms with Gasteiger partial charge in [0, 0.05) is 5.56 Å². The summed E-state index contributed by atoms with van der Waals surface area (Å²) in [5.41, 5.74) is 6.29. The molecule has 0 saturated carbocycles. The van der Waals surface area contributed by atoms with Gasteiger partial charge in [-0.2, -0.15) is 5.10 Å². The highest BCUT2D eigenvalue weighted by molar-refractivity contribution is 5.95. The zero-order valence-electron chi connectivity index (χ0n) is 13.8. The Balaban J connectivity index is 1.92. The van der Waals surface area contributed by atoms with Crippen LogP contribution in [0.5, 0.6) is 5.75 Å². The van der Waals surface area contributed by atoms with Gasteiger partial charge in [-0.25, -0.2) is 5.43 Å². The maximum Gasteiger partial charge on any atom is 0.271 e. The minimum Gasteiger partial charge on any atom is -0.494 e. The lowest BCUT2D eigenvalue weighted by Crippen LogP contribution is -2.17. The molecule has 23 heavy (non-hydrogen) atoms. The monoisotopic (exact) mass is 310 g/mol. The van der Waals surface area contributed by atoms with Crippen LogP contribution in [0.1, 0.15) is 40.4 Å². The van der Waals surface area contributed by atoms with E-state index in [4.69, 9.17) is 4.74 Å². The summed E-state index contributed by atoms with van der Waals surface area (Å²) in [7, 11) is 0. The number of nitrogens with zero attached hydrogens (tertiary/aromatic N) is 1. The first-order chi connectivity index (χ1) is 11.1. The van der Waals surface area contributed by atoms with Gasteiger partial charge in [-0.15, -0.1) is 0 Å². The molecular weight excluding hydrogens is 288 g/mol. The molecule has 0 spiro atoms. The molecule has 0 bridgehead atoms. The molecule has 0 aliphatic heterocycles. The molecule has 2 aromatic carbocycles. The first-order valence-corrected chi connectivity index (χ1v) is 7.73.